The number of carbonyl (C=O) groups excluding carboxylic acids is 1. The van der Waals surface area contributed by atoms with Crippen LogP contribution in [0.1, 0.15) is 27.2 Å². The molecular weight excluding hydrogens is 260 g/mol. The van der Waals surface area contributed by atoms with E-state index in [0.29, 0.717) is 32.6 Å². The molecule has 3 N–H and O–H groups in total. The molecular formula is C13H26N4O3. The molecule has 2 unspecified atom stereocenters. The Labute approximate surface area is 120 Å². The minimum absolute atomic E-state index is 0.0265. The second kappa shape index (κ2) is 6.90. The topological polar surface area (TPSA) is 91.4 Å². The van der Waals surface area contributed by atoms with Crippen LogP contribution < -0.4 is 5.73 Å². The first-order chi connectivity index (χ1) is 9.39. The maximum absolute atomic E-state index is 12.4. The molecule has 0 aliphatic carbocycles. The standard InChI is InChI=1S/C13H26N4O3/c1-5-13(3,20-4)12(18)17-8-6-16(7-9-17)10(2)11(14)15-19/h10,19H,5-9H2,1-4H3,(H2,14,15). The first-order valence-corrected chi connectivity index (χ1v) is 6.95. The summed E-state index contributed by atoms with van der Waals surface area (Å²) in [6.45, 7) is 8.30. The van der Waals surface area contributed by atoms with Gasteiger partial charge in [-0.15, -0.1) is 0 Å². The molecule has 0 radical (unpaired) electrons. The van der Waals surface area contributed by atoms with E-state index in [1.54, 1.807) is 7.11 Å². The van der Waals surface area contributed by atoms with Crippen molar-refractivity contribution in [3.63, 3.8) is 0 Å². The second-order valence-corrected chi connectivity index (χ2v) is 5.32. The van der Waals surface area contributed by atoms with Crippen molar-refractivity contribution in [2.75, 3.05) is 33.3 Å². The third-order valence-electron chi connectivity index (χ3n) is 4.27. The highest BCUT2D eigenvalue weighted by molar-refractivity contribution is 5.85. The molecule has 0 aromatic rings. The van der Waals surface area contributed by atoms with Crippen molar-refractivity contribution in [3.05, 3.63) is 0 Å². The predicted octanol–water partition coefficient (Wildman–Crippen LogP) is 0.0806. The number of piperazine rings is 1. The van der Waals surface area contributed by atoms with Gasteiger partial charge in [0.25, 0.3) is 5.91 Å². The van der Waals surface area contributed by atoms with Crippen molar-refractivity contribution in [2.24, 2.45) is 10.9 Å². The molecule has 2 atom stereocenters. The number of nitrogens with zero attached hydrogens (tertiary/aromatic N) is 3. The van der Waals surface area contributed by atoms with Crippen molar-refractivity contribution in [2.45, 2.75) is 38.8 Å². The Hall–Kier alpha value is -1.34. The SMILES string of the molecule is CCC(C)(OC)C(=O)N1CCN(C(C)C(N)=NO)CC1. The van der Waals surface area contributed by atoms with Gasteiger partial charge in [0.2, 0.25) is 0 Å². The zero-order valence-electron chi connectivity index (χ0n) is 12.8. The smallest absolute Gasteiger partial charge is 0.254 e. The van der Waals surface area contributed by atoms with Crippen molar-refractivity contribution in [1.82, 2.24) is 9.80 Å². The van der Waals surface area contributed by atoms with Gasteiger partial charge < -0.3 is 20.6 Å². The average molecular weight is 286 g/mol. The lowest BCUT2D eigenvalue weighted by molar-refractivity contribution is -0.155. The van der Waals surface area contributed by atoms with Crippen LogP contribution in [0, 0.1) is 0 Å². The predicted molar refractivity (Wildman–Crippen MR) is 76.7 cm³/mol. The molecule has 7 heteroatoms. The summed E-state index contributed by atoms with van der Waals surface area (Å²) in [6.07, 6.45) is 0.642. The average Bonchev–Trinajstić information content (AvgIpc) is 2.51. The van der Waals surface area contributed by atoms with Gasteiger partial charge in [-0.1, -0.05) is 12.1 Å². The van der Waals surface area contributed by atoms with Gasteiger partial charge >= 0.3 is 0 Å². The zero-order valence-corrected chi connectivity index (χ0v) is 12.8. The molecule has 0 spiro atoms. The van der Waals surface area contributed by atoms with Crippen LogP contribution in [0.4, 0.5) is 0 Å². The molecule has 1 saturated heterocycles. The minimum atomic E-state index is -0.751. The summed E-state index contributed by atoms with van der Waals surface area (Å²) in [5.74, 6) is 0.221. The van der Waals surface area contributed by atoms with Gasteiger partial charge in [-0.25, -0.2) is 0 Å². The Kier molecular flexibility index (Phi) is 5.76. The lowest BCUT2D eigenvalue weighted by Gasteiger charge is -2.40. The van der Waals surface area contributed by atoms with Crippen LogP contribution in [-0.4, -0.2) is 71.7 Å². The number of nitrogens with two attached hydrogens (primary N) is 1. The molecule has 0 aromatic heterocycles. The fraction of sp³-hybridized carbons (Fsp3) is 0.846. The molecule has 1 aliphatic heterocycles. The maximum Gasteiger partial charge on any atom is 0.254 e. The third kappa shape index (κ3) is 3.40. The molecule has 116 valence electrons. The van der Waals surface area contributed by atoms with E-state index in [9.17, 15) is 4.79 Å². The van der Waals surface area contributed by atoms with E-state index < -0.39 is 5.60 Å². The first-order valence-electron chi connectivity index (χ1n) is 6.95. The summed E-state index contributed by atoms with van der Waals surface area (Å²) >= 11 is 0. The summed E-state index contributed by atoms with van der Waals surface area (Å²) in [5.41, 5.74) is 4.86. The number of hydrogen-bond donors (Lipinski definition) is 2. The minimum Gasteiger partial charge on any atom is -0.409 e. The van der Waals surface area contributed by atoms with Crippen LogP contribution in [-0.2, 0) is 9.53 Å². The van der Waals surface area contributed by atoms with Gasteiger partial charge in [-0.3, -0.25) is 9.69 Å². The Balaban J connectivity index is 2.60. The summed E-state index contributed by atoms with van der Waals surface area (Å²) < 4.78 is 5.35. The van der Waals surface area contributed by atoms with E-state index in [0.717, 1.165) is 0 Å². The fourth-order valence-corrected chi connectivity index (χ4v) is 2.30. The molecule has 7 nitrogen and oxygen atoms in total. The van der Waals surface area contributed by atoms with Gasteiger partial charge in [0.05, 0.1) is 6.04 Å². The van der Waals surface area contributed by atoms with Crippen molar-refractivity contribution in [3.8, 4) is 0 Å². The fourth-order valence-electron chi connectivity index (χ4n) is 2.30. The van der Waals surface area contributed by atoms with E-state index in [1.165, 1.54) is 0 Å². The Morgan fingerprint density at radius 3 is 2.40 bits per heavy atom. The molecule has 0 bridgehead atoms. The zero-order chi connectivity index (χ0) is 15.3. The molecule has 20 heavy (non-hydrogen) atoms. The Bertz CT molecular complexity index is 361. The molecule has 1 aliphatic rings. The maximum atomic E-state index is 12.4. The number of ether oxygens (including phenoxy) is 1. The quantitative estimate of drug-likeness (QED) is 0.323. The Morgan fingerprint density at radius 2 is 2.00 bits per heavy atom. The Morgan fingerprint density at radius 1 is 1.45 bits per heavy atom. The lowest BCUT2D eigenvalue weighted by atomic mass is 10.0. The summed E-state index contributed by atoms with van der Waals surface area (Å²) in [7, 11) is 1.57. The van der Waals surface area contributed by atoms with Crippen LogP contribution in [0.3, 0.4) is 0 Å². The number of carbonyl (C=O) groups is 1. The molecule has 0 saturated carbocycles. The normalized spacial score (nSPS) is 22.4. The highest BCUT2D eigenvalue weighted by Crippen LogP contribution is 2.19. The van der Waals surface area contributed by atoms with E-state index in [2.05, 4.69) is 10.1 Å². The number of hydrogen-bond acceptors (Lipinski definition) is 5. The van der Waals surface area contributed by atoms with Gasteiger partial charge in [-0.2, -0.15) is 0 Å². The lowest BCUT2D eigenvalue weighted by Crippen LogP contribution is -2.58. The summed E-state index contributed by atoms with van der Waals surface area (Å²) in [5, 5.41) is 11.7. The number of methoxy groups -OCH3 is 1. The third-order valence-corrected chi connectivity index (χ3v) is 4.27. The summed E-state index contributed by atoms with van der Waals surface area (Å²) in [4.78, 5) is 16.4. The molecule has 1 fully saturated rings. The number of rotatable bonds is 5. The van der Waals surface area contributed by atoms with E-state index in [4.69, 9.17) is 15.7 Å². The number of amidine groups is 1. The van der Waals surface area contributed by atoms with Gasteiger partial charge in [-0.05, 0) is 20.3 Å². The van der Waals surface area contributed by atoms with Crippen LogP contribution in [0.5, 0.6) is 0 Å². The van der Waals surface area contributed by atoms with Crippen LogP contribution in [0.25, 0.3) is 0 Å². The van der Waals surface area contributed by atoms with Gasteiger partial charge in [0, 0.05) is 33.3 Å². The van der Waals surface area contributed by atoms with Crippen LogP contribution in [0.2, 0.25) is 0 Å². The second-order valence-electron chi connectivity index (χ2n) is 5.32. The van der Waals surface area contributed by atoms with Crippen molar-refractivity contribution >= 4 is 11.7 Å². The highest BCUT2D eigenvalue weighted by Gasteiger charge is 2.36. The van der Waals surface area contributed by atoms with Crippen molar-refractivity contribution < 1.29 is 14.7 Å². The monoisotopic (exact) mass is 286 g/mol. The largest absolute Gasteiger partial charge is 0.409 e. The van der Waals surface area contributed by atoms with Gasteiger partial charge in [0.1, 0.15) is 5.60 Å². The van der Waals surface area contributed by atoms with E-state index in [-0.39, 0.29) is 17.8 Å². The van der Waals surface area contributed by atoms with E-state index in [1.807, 2.05) is 25.7 Å². The number of oxime groups is 1. The summed E-state index contributed by atoms with van der Waals surface area (Å²) in [6, 6.07) is -0.128. The number of amides is 1. The molecule has 1 amide bonds. The van der Waals surface area contributed by atoms with Gasteiger partial charge in [0.15, 0.2) is 5.84 Å². The van der Waals surface area contributed by atoms with Crippen LogP contribution >= 0.6 is 0 Å². The molecule has 0 aromatic carbocycles. The molecule has 1 rings (SSSR count). The molecule has 1 heterocycles. The first kappa shape index (κ1) is 16.7. The van der Waals surface area contributed by atoms with E-state index >= 15 is 0 Å². The van der Waals surface area contributed by atoms with Crippen molar-refractivity contribution in [1.29, 1.82) is 0 Å². The highest BCUT2D eigenvalue weighted by atomic mass is 16.5. The van der Waals surface area contributed by atoms with Crippen LogP contribution in [0.15, 0.2) is 5.16 Å².